The number of carbonyl (C=O) groups is 1. The summed E-state index contributed by atoms with van der Waals surface area (Å²) in [7, 11) is 0. The van der Waals surface area contributed by atoms with Crippen molar-refractivity contribution in [3.05, 3.63) is 29.0 Å². The average molecular weight is 243 g/mol. The molecule has 0 radical (unpaired) electrons. The summed E-state index contributed by atoms with van der Waals surface area (Å²) in [6, 6.07) is 3.20. The van der Waals surface area contributed by atoms with E-state index in [4.69, 9.17) is 16.3 Å². The van der Waals surface area contributed by atoms with E-state index in [-0.39, 0.29) is 11.9 Å². The maximum absolute atomic E-state index is 11.7. The van der Waals surface area contributed by atoms with Crippen molar-refractivity contribution in [1.29, 1.82) is 0 Å². The number of halogens is 1. The molecule has 1 N–H and O–H groups in total. The van der Waals surface area contributed by atoms with Crippen LogP contribution in [0.15, 0.2) is 18.3 Å². The quantitative estimate of drug-likeness (QED) is 0.803. The molecule has 5 heteroatoms. The maximum atomic E-state index is 11.7. The average Bonchev–Trinajstić information content (AvgIpc) is 2.27. The van der Waals surface area contributed by atoms with Crippen LogP contribution in [0.4, 0.5) is 0 Å². The fourth-order valence-electron chi connectivity index (χ4n) is 1.15. The summed E-state index contributed by atoms with van der Waals surface area (Å²) < 4.78 is 5.20. The fourth-order valence-corrected chi connectivity index (χ4v) is 1.27. The topological polar surface area (TPSA) is 51.2 Å². The second kappa shape index (κ2) is 6.45. The molecule has 0 aliphatic heterocycles. The van der Waals surface area contributed by atoms with E-state index in [1.807, 2.05) is 13.8 Å². The third-order valence-electron chi connectivity index (χ3n) is 1.94. The summed E-state index contributed by atoms with van der Waals surface area (Å²) in [4.78, 5) is 15.5. The van der Waals surface area contributed by atoms with Gasteiger partial charge in [-0.3, -0.25) is 4.79 Å². The molecule has 0 aromatic carbocycles. The molecule has 1 amide bonds. The summed E-state index contributed by atoms with van der Waals surface area (Å²) in [6.07, 6.45) is 1.45. The molecule has 1 atom stereocenters. The number of carbonyl (C=O) groups excluding carboxylic acids is 1. The van der Waals surface area contributed by atoms with Crippen LogP contribution >= 0.6 is 11.6 Å². The molecule has 0 saturated heterocycles. The van der Waals surface area contributed by atoms with E-state index in [0.29, 0.717) is 23.9 Å². The molecule has 88 valence electrons. The van der Waals surface area contributed by atoms with Gasteiger partial charge in [0, 0.05) is 18.8 Å². The summed E-state index contributed by atoms with van der Waals surface area (Å²) in [6.45, 7) is 4.94. The SMILES string of the molecule is CCOCC(C)NC(=O)c1ccc(Cl)nc1. The predicted molar refractivity (Wildman–Crippen MR) is 62.7 cm³/mol. The largest absolute Gasteiger partial charge is 0.380 e. The number of ether oxygens (including phenoxy) is 1. The Bertz CT molecular complexity index is 340. The number of nitrogens with zero attached hydrogens (tertiary/aromatic N) is 1. The van der Waals surface area contributed by atoms with Gasteiger partial charge in [0.1, 0.15) is 5.15 Å². The molecule has 1 unspecified atom stereocenters. The Kier molecular flexibility index (Phi) is 5.22. The van der Waals surface area contributed by atoms with Gasteiger partial charge in [0.25, 0.3) is 5.91 Å². The van der Waals surface area contributed by atoms with Gasteiger partial charge in [-0.2, -0.15) is 0 Å². The highest BCUT2D eigenvalue weighted by Crippen LogP contribution is 2.05. The third kappa shape index (κ3) is 4.16. The molecule has 0 saturated carbocycles. The minimum Gasteiger partial charge on any atom is -0.380 e. The van der Waals surface area contributed by atoms with Crippen molar-refractivity contribution in [2.75, 3.05) is 13.2 Å². The Morgan fingerprint density at radius 2 is 2.38 bits per heavy atom. The highest BCUT2D eigenvalue weighted by molar-refractivity contribution is 6.29. The van der Waals surface area contributed by atoms with Crippen molar-refractivity contribution in [2.45, 2.75) is 19.9 Å². The van der Waals surface area contributed by atoms with Gasteiger partial charge in [0.15, 0.2) is 0 Å². The predicted octanol–water partition coefficient (Wildman–Crippen LogP) is 1.89. The number of rotatable bonds is 5. The van der Waals surface area contributed by atoms with Crippen LogP contribution in [-0.4, -0.2) is 30.1 Å². The second-order valence-electron chi connectivity index (χ2n) is 3.40. The summed E-state index contributed by atoms with van der Waals surface area (Å²) in [5.74, 6) is -0.170. The van der Waals surface area contributed by atoms with Gasteiger partial charge in [0.2, 0.25) is 0 Å². The van der Waals surface area contributed by atoms with Crippen molar-refractivity contribution >= 4 is 17.5 Å². The van der Waals surface area contributed by atoms with Crippen molar-refractivity contribution < 1.29 is 9.53 Å². The maximum Gasteiger partial charge on any atom is 0.253 e. The van der Waals surface area contributed by atoms with Crippen LogP contribution in [-0.2, 0) is 4.74 Å². The first-order valence-electron chi connectivity index (χ1n) is 5.13. The minimum absolute atomic E-state index is 0.0249. The lowest BCUT2D eigenvalue weighted by atomic mass is 10.2. The Morgan fingerprint density at radius 1 is 1.62 bits per heavy atom. The van der Waals surface area contributed by atoms with Crippen LogP contribution in [0.2, 0.25) is 5.15 Å². The first kappa shape index (κ1) is 12.9. The molecule has 0 fully saturated rings. The molecule has 0 aliphatic carbocycles. The Labute approximate surface area is 100.0 Å². The zero-order chi connectivity index (χ0) is 12.0. The molecule has 0 bridgehead atoms. The molecule has 0 spiro atoms. The van der Waals surface area contributed by atoms with Gasteiger partial charge in [-0.05, 0) is 26.0 Å². The van der Waals surface area contributed by atoms with Crippen LogP contribution in [0.5, 0.6) is 0 Å². The Morgan fingerprint density at radius 3 is 2.94 bits per heavy atom. The number of pyridine rings is 1. The highest BCUT2D eigenvalue weighted by Gasteiger charge is 2.09. The van der Waals surface area contributed by atoms with E-state index in [1.165, 1.54) is 6.20 Å². The minimum atomic E-state index is -0.170. The standard InChI is InChI=1S/C11H15ClN2O2/c1-3-16-7-8(2)14-11(15)9-4-5-10(12)13-6-9/h4-6,8H,3,7H2,1-2H3,(H,14,15). The lowest BCUT2D eigenvalue weighted by Crippen LogP contribution is -2.35. The molecular weight excluding hydrogens is 228 g/mol. The van der Waals surface area contributed by atoms with Gasteiger partial charge < -0.3 is 10.1 Å². The second-order valence-corrected chi connectivity index (χ2v) is 3.79. The number of amides is 1. The third-order valence-corrected chi connectivity index (χ3v) is 2.16. The van der Waals surface area contributed by atoms with E-state index in [9.17, 15) is 4.79 Å². The fraction of sp³-hybridized carbons (Fsp3) is 0.455. The van der Waals surface area contributed by atoms with Gasteiger partial charge >= 0.3 is 0 Å². The molecule has 1 aromatic heterocycles. The van der Waals surface area contributed by atoms with Crippen LogP contribution in [0, 0.1) is 0 Å². The smallest absolute Gasteiger partial charge is 0.253 e. The Hall–Kier alpha value is -1.13. The number of hydrogen-bond donors (Lipinski definition) is 1. The van der Waals surface area contributed by atoms with Crippen LogP contribution in [0.3, 0.4) is 0 Å². The van der Waals surface area contributed by atoms with Crippen LogP contribution < -0.4 is 5.32 Å². The van der Waals surface area contributed by atoms with Gasteiger partial charge in [-0.1, -0.05) is 11.6 Å². The van der Waals surface area contributed by atoms with Crippen molar-refractivity contribution in [1.82, 2.24) is 10.3 Å². The van der Waals surface area contributed by atoms with Crippen molar-refractivity contribution in [3.8, 4) is 0 Å². The molecule has 1 aromatic rings. The van der Waals surface area contributed by atoms with Gasteiger partial charge in [-0.15, -0.1) is 0 Å². The Balaban J connectivity index is 2.48. The lowest BCUT2D eigenvalue weighted by Gasteiger charge is -2.13. The summed E-state index contributed by atoms with van der Waals surface area (Å²) in [5.41, 5.74) is 0.493. The zero-order valence-electron chi connectivity index (χ0n) is 9.37. The molecule has 4 nitrogen and oxygen atoms in total. The molecule has 0 aliphatic rings. The number of nitrogens with one attached hydrogen (secondary N) is 1. The first-order chi connectivity index (χ1) is 7.63. The van der Waals surface area contributed by atoms with E-state index in [1.54, 1.807) is 12.1 Å². The summed E-state index contributed by atoms with van der Waals surface area (Å²) >= 11 is 5.63. The van der Waals surface area contributed by atoms with E-state index < -0.39 is 0 Å². The van der Waals surface area contributed by atoms with E-state index in [0.717, 1.165) is 0 Å². The van der Waals surface area contributed by atoms with Crippen LogP contribution in [0.1, 0.15) is 24.2 Å². The number of aromatic nitrogens is 1. The zero-order valence-corrected chi connectivity index (χ0v) is 10.1. The van der Waals surface area contributed by atoms with E-state index in [2.05, 4.69) is 10.3 Å². The first-order valence-corrected chi connectivity index (χ1v) is 5.51. The number of hydrogen-bond acceptors (Lipinski definition) is 3. The lowest BCUT2D eigenvalue weighted by molar-refractivity contribution is 0.0871. The highest BCUT2D eigenvalue weighted by atomic mass is 35.5. The normalized spacial score (nSPS) is 12.2. The van der Waals surface area contributed by atoms with Crippen molar-refractivity contribution in [2.24, 2.45) is 0 Å². The van der Waals surface area contributed by atoms with Crippen LogP contribution in [0.25, 0.3) is 0 Å². The molecular formula is C11H15ClN2O2. The summed E-state index contributed by atoms with van der Waals surface area (Å²) in [5, 5.41) is 3.18. The molecule has 16 heavy (non-hydrogen) atoms. The molecule has 1 heterocycles. The van der Waals surface area contributed by atoms with Gasteiger partial charge in [0.05, 0.1) is 12.2 Å². The van der Waals surface area contributed by atoms with E-state index >= 15 is 0 Å². The molecule has 1 rings (SSSR count). The van der Waals surface area contributed by atoms with Gasteiger partial charge in [-0.25, -0.2) is 4.98 Å². The monoisotopic (exact) mass is 242 g/mol. The van der Waals surface area contributed by atoms with Crippen molar-refractivity contribution in [3.63, 3.8) is 0 Å².